The van der Waals surface area contributed by atoms with Gasteiger partial charge in [-0.05, 0) is 23.8 Å². The van der Waals surface area contributed by atoms with E-state index in [0.717, 1.165) is 17.7 Å². The molecule has 0 saturated carbocycles. The number of rotatable bonds is 1. The Balaban J connectivity index is 2.05. The van der Waals surface area contributed by atoms with Gasteiger partial charge >= 0.3 is 6.18 Å². The molecule has 1 heterocycles. The van der Waals surface area contributed by atoms with Crippen LogP contribution in [0.3, 0.4) is 0 Å². The van der Waals surface area contributed by atoms with Crippen molar-refractivity contribution in [2.45, 2.75) is 6.18 Å². The Morgan fingerprint density at radius 2 is 1.71 bits per heavy atom. The molecular formula is C16H10F3NO. The van der Waals surface area contributed by atoms with Crippen LogP contribution in [0.15, 0.2) is 48.5 Å². The second-order valence-electron chi connectivity index (χ2n) is 4.68. The Kier molecular flexibility index (Phi) is 3.05. The zero-order valence-electron chi connectivity index (χ0n) is 10.7. The summed E-state index contributed by atoms with van der Waals surface area (Å²) in [4.78, 5) is 11.9. The molecule has 0 aromatic heterocycles. The van der Waals surface area contributed by atoms with Crippen LogP contribution in [0.4, 0.5) is 18.9 Å². The highest BCUT2D eigenvalue weighted by Gasteiger charge is 2.33. The molecule has 0 spiro atoms. The van der Waals surface area contributed by atoms with Crippen molar-refractivity contribution in [3.63, 3.8) is 0 Å². The Bertz CT molecular complexity index is 733. The first-order chi connectivity index (χ1) is 9.95. The van der Waals surface area contributed by atoms with Crippen molar-refractivity contribution in [3.8, 4) is 0 Å². The molecular weight excluding hydrogens is 279 g/mol. The standard InChI is InChI=1S/C16H10F3NO/c17-16(18,19)11-6-7-12-13(15(21)20-14(12)9-11)8-10-4-2-1-3-5-10/h1-9H,(H,20,21). The van der Waals surface area contributed by atoms with Crippen LogP contribution >= 0.6 is 0 Å². The molecule has 3 rings (SSSR count). The van der Waals surface area contributed by atoms with Crippen molar-refractivity contribution < 1.29 is 18.0 Å². The second kappa shape index (κ2) is 4.77. The minimum absolute atomic E-state index is 0.192. The summed E-state index contributed by atoms with van der Waals surface area (Å²) >= 11 is 0. The third-order valence-corrected chi connectivity index (χ3v) is 3.24. The fraction of sp³-hybridized carbons (Fsp3) is 0.0625. The van der Waals surface area contributed by atoms with Crippen LogP contribution in [-0.2, 0) is 11.0 Å². The lowest BCUT2D eigenvalue weighted by atomic mass is 10.0. The van der Waals surface area contributed by atoms with Crippen molar-refractivity contribution in [2.24, 2.45) is 0 Å². The fourth-order valence-electron chi connectivity index (χ4n) is 2.23. The van der Waals surface area contributed by atoms with Crippen molar-refractivity contribution >= 4 is 23.2 Å². The summed E-state index contributed by atoms with van der Waals surface area (Å²) in [5.74, 6) is -0.395. The van der Waals surface area contributed by atoms with Crippen LogP contribution in [0.1, 0.15) is 16.7 Å². The lowest BCUT2D eigenvalue weighted by Crippen LogP contribution is -2.06. The smallest absolute Gasteiger partial charge is 0.321 e. The first kappa shape index (κ1) is 13.4. The maximum absolute atomic E-state index is 12.7. The Hall–Kier alpha value is -2.56. The molecule has 1 N–H and O–H groups in total. The first-order valence-corrected chi connectivity index (χ1v) is 6.25. The Morgan fingerprint density at radius 1 is 1.00 bits per heavy atom. The predicted octanol–water partition coefficient (Wildman–Crippen LogP) is 4.20. The van der Waals surface area contributed by atoms with E-state index in [1.165, 1.54) is 6.07 Å². The first-order valence-electron chi connectivity index (χ1n) is 6.25. The lowest BCUT2D eigenvalue weighted by Gasteiger charge is -2.08. The van der Waals surface area contributed by atoms with Crippen LogP contribution in [0.2, 0.25) is 0 Å². The molecule has 2 aromatic rings. The molecule has 2 nitrogen and oxygen atoms in total. The highest BCUT2D eigenvalue weighted by Crippen LogP contribution is 2.38. The maximum atomic E-state index is 12.7. The fourth-order valence-corrected chi connectivity index (χ4v) is 2.23. The molecule has 1 aliphatic rings. The van der Waals surface area contributed by atoms with Crippen LogP contribution in [0.25, 0.3) is 11.6 Å². The van der Waals surface area contributed by atoms with E-state index < -0.39 is 17.6 Å². The summed E-state index contributed by atoms with van der Waals surface area (Å²) in [6.45, 7) is 0. The van der Waals surface area contributed by atoms with Gasteiger partial charge in [0.15, 0.2) is 0 Å². The van der Waals surface area contributed by atoms with E-state index in [4.69, 9.17) is 0 Å². The molecule has 0 saturated heterocycles. The van der Waals surface area contributed by atoms with Crippen molar-refractivity contribution in [3.05, 3.63) is 65.2 Å². The number of hydrogen-bond acceptors (Lipinski definition) is 1. The number of fused-ring (bicyclic) bond motifs is 1. The molecule has 0 unspecified atom stereocenters. The van der Waals surface area contributed by atoms with E-state index in [0.29, 0.717) is 11.1 Å². The van der Waals surface area contributed by atoms with Crippen LogP contribution < -0.4 is 5.32 Å². The monoisotopic (exact) mass is 289 g/mol. The molecule has 106 valence electrons. The quantitative estimate of drug-likeness (QED) is 0.783. The van der Waals surface area contributed by atoms with Gasteiger partial charge in [0.1, 0.15) is 0 Å². The number of alkyl halides is 3. The molecule has 0 aliphatic carbocycles. The molecule has 0 fully saturated rings. The van der Waals surface area contributed by atoms with Gasteiger partial charge in [-0.2, -0.15) is 13.2 Å². The van der Waals surface area contributed by atoms with E-state index >= 15 is 0 Å². The van der Waals surface area contributed by atoms with Gasteiger partial charge in [-0.3, -0.25) is 4.79 Å². The van der Waals surface area contributed by atoms with Crippen molar-refractivity contribution in [1.82, 2.24) is 0 Å². The maximum Gasteiger partial charge on any atom is 0.416 e. The third kappa shape index (κ3) is 2.54. The van der Waals surface area contributed by atoms with Gasteiger partial charge in [-0.25, -0.2) is 0 Å². The lowest BCUT2D eigenvalue weighted by molar-refractivity contribution is -0.137. The molecule has 0 radical (unpaired) electrons. The summed E-state index contributed by atoms with van der Waals surface area (Å²) in [6.07, 6.45) is -2.76. The summed E-state index contributed by atoms with van der Waals surface area (Å²) in [6, 6.07) is 12.4. The Labute approximate surface area is 118 Å². The number of carbonyl (C=O) groups excluding carboxylic acids is 1. The highest BCUT2D eigenvalue weighted by atomic mass is 19.4. The molecule has 0 bridgehead atoms. The topological polar surface area (TPSA) is 29.1 Å². The molecule has 5 heteroatoms. The van der Waals surface area contributed by atoms with E-state index in [1.54, 1.807) is 6.08 Å². The molecule has 1 aliphatic heterocycles. The number of benzene rings is 2. The van der Waals surface area contributed by atoms with E-state index in [1.807, 2.05) is 30.3 Å². The van der Waals surface area contributed by atoms with Crippen molar-refractivity contribution in [1.29, 1.82) is 0 Å². The third-order valence-electron chi connectivity index (χ3n) is 3.24. The van der Waals surface area contributed by atoms with Gasteiger partial charge in [0, 0.05) is 16.8 Å². The Morgan fingerprint density at radius 3 is 2.38 bits per heavy atom. The van der Waals surface area contributed by atoms with E-state index in [-0.39, 0.29) is 5.69 Å². The second-order valence-corrected chi connectivity index (χ2v) is 4.68. The highest BCUT2D eigenvalue weighted by molar-refractivity contribution is 6.34. The minimum Gasteiger partial charge on any atom is -0.321 e. The number of amides is 1. The number of halogens is 3. The average Bonchev–Trinajstić information content (AvgIpc) is 2.75. The zero-order chi connectivity index (χ0) is 15.0. The number of hydrogen-bond donors (Lipinski definition) is 1. The van der Waals surface area contributed by atoms with Gasteiger partial charge in [0.25, 0.3) is 5.91 Å². The van der Waals surface area contributed by atoms with Gasteiger partial charge in [0.2, 0.25) is 0 Å². The van der Waals surface area contributed by atoms with E-state index in [2.05, 4.69) is 5.32 Å². The zero-order valence-corrected chi connectivity index (χ0v) is 10.7. The molecule has 1 amide bonds. The minimum atomic E-state index is -4.42. The normalized spacial score (nSPS) is 16.0. The van der Waals surface area contributed by atoms with Gasteiger partial charge < -0.3 is 5.32 Å². The van der Waals surface area contributed by atoms with Crippen LogP contribution in [0, 0.1) is 0 Å². The summed E-state index contributed by atoms with van der Waals surface area (Å²) in [5.41, 5.74) is 1.08. The van der Waals surface area contributed by atoms with E-state index in [9.17, 15) is 18.0 Å². The van der Waals surface area contributed by atoms with Gasteiger partial charge in [0.05, 0.1) is 5.56 Å². The number of anilines is 1. The summed E-state index contributed by atoms with van der Waals surface area (Å²) < 4.78 is 38.0. The molecule has 0 atom stereocenters. The van der Waals surface area contributed by atoms with Crippen molar-refractivity contribution in [2.75, 3.05) is 5.32 Å². The summed E-state index contributed by atoms with van der Waals surface area (Å²) in [5, 5.41) is 2.47. The summed E-state index contributed by atoms with van der Waals surface area (Å²) in [7, 11) is 0. The molecule has 21 heavy (non-hydrogen) atoms. The number of nitrogens with one attached hydrogen (secondary N) is 1. The average molecular weight is 289 g/mol. The van der Waals surface area contributed by atoms with Crippen LogP contribution in [0.5, 0.6) is 0 Å². The largest absolute Gasteiger partial charge is 0.416 e. The van der Waals surface area contributed by atoms with Gasteiger partial charge in [-0.1, -0.05) is 36.4 Å². The van der Waals surface area contributed by atoms with Crippen LogP contribution in [-0.4, -0.2) is 5.91 Å². The SMILES string of the molecule is O=C1Nc2cc(C(F)(F)F)ccc2C1=Cc1ccccc1. The van der Waals surface area contributed by atoms with Gasteiger partial charge in [-0.15, -0.1) is 0 Å². The predicted molar refractivity (Wildman–Crippen MR) is 74.4 cm³/mol. The molecule has 2 aromatic carbocycles. The number of carbonyl (C=O) groups is 1.